The first kappa shape index (κ1) is 19.2. The van der Waals surface area contributed by atoms with Crippen molar-refractivity contribution in [2.75, 3.05) is 27.4 Å². The van der Waals surface area contributed by atoms with E-state index in [0.717, 1.165) is 37.1 Å². The first-order chi connectivity index (χ1) is 13.2. The Morgan fingerprint density at radius 1 is 1.37 bits per heavy atom. The van der Waals surface area contributed by atoms with E-state index >= 15 is 0 Å². The number of rotatable bonds is 7. The summed E-state index contributed by atoms with van der Waals surface area (Å²) in [4.78, 5) is 18.9. The number of amides is 2. The molecule has 1 aromatic heterocycles. The molecule has 27 heavy (non-hydrogen) atoms. The van der Waals surface area contributed by atoms with Gasteiger partial charge in [0.25, 0.3) is 0 Å². The van der Waals surface area contributed by atoms with Crippen LogP contribution in [0.1, 0.15) is 42.6 Å². The SMILES string of the molecule is COCCc1noc(CNC(=O)N2CCCCC2c2cccc(OC)c2)n1. The number of hydrogen-bond acceptors (Lipinski definition) is 6. The number of ether oxygens (including phenoxy) is 2. The average Bonchev–Trinajstić information content (AvgIpc) is 3.18. The van der Waals surface area contributed by atoms with Gasteiger partial charge in [-0.1, -0.05) is 17.3 Å². The lowest BCUT2D eigenvalue weighted by molar-refractivity contribution is 0.150. The first-order valence-electron chi connectivity index (χ1n) is 9.20. The summed E-state index contributed by atoms with van der Waals surface area (Å²) in [7, 11) is 3.27. The van der Waals surface area contributed by atoms with Crippen molar-refractivity contribution in [2.24, 2.45) is 0 Å². The molecule has 8 nitrogen and oxygen atoms in total. The van der Waals surface area contributed by atoms with Crippen LogP contribution < -0.4 is 10.1 Å². The fourth-order valence-corrected chi connectivity index (χ4v) is 3.28. The lowest BCUT2D eigenvalue weighted by Gasteiger charge is -2.36. The molecule has 1 N–H and O–H groups in total. The van der Waals surface area contributed by atoms with E-state index in [1.807, 2.05) is 29.2 Å². The first-order valence-corrected chi connectivity index (χ1v) is 9.20. The summed E-state index contributed by atoms with van der Waals surface area (Å²) in [6.07, 6.45) is 3.61. The number of urea groups is 1. The van der Waals surface area contributed by atoms with Crippen molar-refractivity contribution in [1.29, 1.82) is 0 Å². The molecule has 1 unspecified atom stereocenters. The minimum Gasteiger partial charge on any atom is -0.497 e. The third-order valence-corrected chi connectivity index (χ3v) is 4.67. The molecular weight excluding hydrogens is 348 g/mol. The van der Waals surface area contributed by atoms with Crippen molar-refractivity contribution in [2.45, 2.75) is 38.3 Å². The zero-order valence-electron chi connectivity index (χ0n) is 15.8. The maximum absolute atomic E-state index is 12.8. The van der Waals surface area contributed by atoms with Gasteiger partial charge >= 0.3 is 6.03 Å². The number of likely N-dealkylation sites (tertiary alicyclic amines) is 1. The van der Waals surface area contributed by atoms with Crippen molar-refractivity contribution in [3.05, 3.63) is 41.5 Å². The van der Waals surface area contributed by atoms with Gasteiger partial charge in [0.2, 0.25) is 5.89 Å². The highest BCUT2D eigenvalue weighted by Crippen LogP contribution is 2.32. The highest BCUT2D eigenvalue weighted by Gasteiger charge is 2.28. The molecule has 1 atom stereocenters. The van der Waals surface area contributed by atoms with E-state index in [9.17, 15) is 4.79 Å². The van der Waals surface area contributed by atoms with Gasteiger partial charge < -0.3 is 24.2 Å². The predicted molar refractivity (Wildman–Crippen MR) is 98.4 cm³/mol. The number of nitrogens with one attached hydrogen (secondary N) is 1. The number of aromatic nitrogens is 2. The van der Waals surface area contributed by atoms with Gasteiger partial charge in [0, 0.05) is 20.1 Å². The summed E-state index contributed by atoms with van der Waals surface area (Å²) in [5.41, 5.74) is 1.09. The number of benzene rings is 1. The molecule has 1 saturated heterocycles. The van der Waals surface area contributed by atoms with E-state index in [1.54, 1.807) is 14.2 Å². The second kappa shape index (κ2) is 9.36. The number of methoxy groups -OCH3 is 2. The van der Waals surface area contributed by atoms with Crippen molar-refractivity contribution < 1.29 is 18.8 Å². The summed E-state index contributed by atoms with van der Waals surface area (Å²) >= 11 is 0. The van der Waals surface area contributed by atoms with Gasteiger partial charge in [-0.15, -0.1) is 0 Å². The Kier molecular flexibility index (Phi) is 6.64. The van der Waals surface area contributed by atoms with Crippen molar-refractivity contribution in [3.8, 4) is 5.75 Å². The summed E-state index contributed by atoms with van der Waals surface area (Å²) in [6.45, 7) is 1.46. The Morgan fingerprint density at radius 2 is 2.26 bits per heavy atom. The maximum Gasteiger partial charge on any atom is 0.318 e. The van der Waals surface area contributed by atoms with E-state index < -0.39 is 0 Å². The number of hydrogen-bond donors (Lipinski definition) is 1. The van der Waals surface area contributed by atoms with Crippen LogP contribution in [0.4, 0.5) is 4.79 Å². The van der Waals surface area contributed by atoms with E-state index in [4.69, 9.17) is 14.0 Å². The molecule has 8 heteroatoms. The molecule has 0 bridgehead atoms. The van der Waals surface area contributed by atoms with Gasteiger partial charge in [0.1, 0.15) is 5.75 Å². The Hall–Kier alpha value is -2.61. The average molecular weight is 374 g/mol. The molecular formula is C19H26N4O4. The molecule has 1 aromatic carbocycles. The predicted octanol–water partition coefficient (Wildman–Crippen LogP) is 2.70. The molecule has 2 aromatic rings. The molecule has 0 radical (unpaired) electrons. The van der Waals surface area contributed by atoms with Crippen LogP contribution in [-0.2, 0) is 17.7 Å². The fourth-order valence-electron chi connectivity index (χ4n) is 3.28. The summed E-state index contributed by atoms with van der Waals surface area (Å²) < 4.78 is 15.5. The third kappa shape index (κ3) is 4.97. The molecule has 0 spiro atoms. The number of nitrogens with zero attached hydrogens (tertiary/aromatic N) is 3. The fraction of sp³-hybridized carbons (Fsp3) is 0.526. The topological polar surface area (TPSA) is 89.7 Å². The van der Waals surface area contributed by atoms with Crippen LogP contribution >= 0.6 is 0 Å². The molecule has 0 saturated carbocycles. The van der Waals surface area contributed by atoms with E-state index in [0.29, 0.717) is 24.7 Å². The second-order valence-corrected chi connectivity index (χ2v) is 6.49. The lowest BCUT2D eigenvalue weighted by Crippen LogP contribution is -2.44. The van der Waals surface area contributed by atoms with E-state index in [2.05, 4.69) is 15.5 Å². The van der Waals surface area contributed by atoms with Gasteiger partial charge in [-0.2, -0.15) is 4.98 Å². The van der Waals surface area contributed by atoms with Crippen LogP contribution in [-0.4, -0.2) is 48.4 Å². The Labute approximate surface area is 158 Å². The molecule has 146 valence electrons. The van der Waals surface area contributed by atoms with Crippen molar-refractivity contribution in [3.63, 3.8) is 0 Å². The highest BCUT2D eigenvalue weighted by atomic mass is 16.5. The van der Waals surface area contributed by atoms with Gasteiger partial charge in [-0.05, 0) is 37.0 Å². The third-order valence-electron chi connectivity index (χ3n) is 4.67. The summed E-state index contributed by atoms with van der Waals surface area (Å²) in [5.74, 6) is 1.77. The number of carbonyl (C=O) groups excluding carboxylic acids is 1. The van der Waals surface area contributed by atoms with Crippen LogP contribution in [0.5, 0.6) is 5.75 Å². The van der Waals surface area contributed by atoms with Gasteiger partial charge in [0.15, 0.2) is 5.82 Å². The maximum atomic E-state index is 12.8. The zero-order valence-corrected chi connectivity index (χ0v) is 15.8. The molecule has 1 fully saturated rings. The van der Waals surface area contributed by atoms with E-state index in [1.165, 1.54) is 0 Å². The normalized spacial score (nSPS) is 17.0. The molecule has 0 aliphatic carbocycles. The Balaban J connectivity index is 1.62. The van der Waals surface area contributed by atoms with Crippen molar-refractivity contribution in [1.82, 2.24) is 20.4 Å². The van der Waals surface area contributed by atoms with Crippen LogP contribution in [0.15, 0.2) is 28.8 Å². The molecule has 2 amide bonds. The van der Waals surface area contributed by atoms with Gasteiger partial charge in [0.05, 0.1) is 26.3 Å². The molecule has 1 aliphatic heterocycles. The van der Waals surface area contributed by atoms with Crippen LogP contribution in [0.3, 0.4) is 0 Å². The quantitative estimate of drug-likeness (QED) is 0.801. The number of piperidine rings is 1. The van der Waals surface area contributed by atoms with Crippen molar-refractivity contribution >= 4 is 6.03 Å². The largest absolute Gasteiger partial charge is 0.497 e. The van der Waals surface area contributed by atoms with Crippen LogP contribution in [0.2, 0.25) is 0 Å². The van der Waals surface area contributed by atoms with E-state index in [-0.39, 0.29) is 18.6 Å². The van der Waals surface area contributed by atoms with Gasteiger partial charge in [-0.25, -0.2) is 4.79 Å². The standard InChI is InChI=1S/C19H26N4O4/c1-25-11-9-17-21-18(27-22-17)13-20-19(24)23-10-4-3-8-16(23)14-6-5-7-15(12-14)26-2/h5-7,12,16H,3-4,8-11,13H2,1-2H3,(H,20,24). The monoisotopic (exact) mass is 374 g/mol. The lowest BCUT2D eigenvalue weighted by atomic mass is 9.95. The second-order valence-electron chi connectivity index (χ2n) is 6.49. The van der Waals surface area contributed by atoms with Crippen LogP contribution in [0, 0.1) is 0 Å². The highest BCUT2D eigenvalue weighted by molar-refractivity contribution is 5.74. The molecule has 1 aliphatic rings. The van der Waals surface area contributed by atoms with Crippen LogP contribution in [0.25, 0.3) is 0 Å². The molecule has 2 heterocycles. The number of carbonyl (C=O) groups is 1. The summed E-state index contributed by atoms with van der Waals surface area (Å²) in [5, 5.41) is 6.78. The van der Waals surface area contributed by atoms with Gasteiger partial charge in [-0.3, -0.25) is 0 Å². The summed E-state index contributed by atoms with van der Waals surface area (Å²) in [6, 6.07) is 7.81. The minimum absolute atomic E-state index is 0.0359. The zero-order chi connectivity index (χ0) is 19.1. The molecule has 3 rings (SSSR count). The Morgan fingerprint density at radius 3 is 3.07 bits per heavy atom. The smallest absolute Gasteiger partial charge is 0.318 e. The minimum atomic E-state index is -0.126. The Bertz CT molecular complexity index is 749.